The van der Waals surface area contributed by atoms with Gasteiger partial charge in [-0.3, -0.25) is 0 Å². The van der Waals surface area contributed by atoms with Gasteiger partial charge in [-0.2, -0.15) is 0 Å². The number of aromatic nitrogens is 1. The lowest BCUT2D eigenvalue weighted by Crippen LogP contribution is -1.83. The highest BCUT2D eigenvalue weighted by Gasteiger charge is 2.04. The predicted molar refractivity (Wildman–Crippen MR) is 82.2 cm³/mol. The number of aliphatic imine (C=N–C) groups is 1. The van der Waals surface area contributed by atoms with Crippen LogP contribution in [-0.4, -0.2) is 18.5 Å². The third-order valence-electron chi connectivity index (χ3n) is 3.02. The van der Waals surface area contributed by atoms with Crippen LogP contribution in [0.5, 0.6) is 5.75 Å². The quantitative estimate of drug-likeness (QED) is 0.675. The van der Waals surface area contributed by atoms with Crippen molar-refractivity contribution in [2.24, 2.45) is 4.99 Å². The highest BCUT2D eigenvalue weighted by Crippen LogP contribution is 2.23. The Hall–Kier alpha value is -2.88. The largest absolute Gasteiger partial charge is 0.497 e. The van der Waals surface area contributed by atoms with Crippen molar-refractivity contribution in [1.29, 1.82) is 0 Å². The zero-order chi connectivity index (χ0) is 14.5. The van der Waals surface area contributed by atoms with Crippen molar-refractivity contribution >= 4 is 12.1 Å². The topological polar surface area (TPSA) is 47.6 Å². The summed E-state index contributed by atoms with van der Waals surface area (Å²) >= 11 is 0. The molecule has 1 aromatic heterocycles. The van der Waals surface area contributed by atoms with E-state index in [2.05, 4.69) is 10.1 Å². The van der Waals surface area contributed by atoms with Crippen LogP contribution in [-0.2, 0) is 0 Å². The molecule has 0 saturated heterocycles. The van der Waals surface area contributed by atoms with Gasteiger partial charge < -0.3 is 9.26 Å². The molecule has 0 spiro atoms. The van der Waals surface area contributed by atoms with E-state index in [9.17, 15) is 0 Å². The Labute approximate surface area is 122 Å². The summed E-state index contributed by atoms with van der Waals surface area (Å²) in [7, 11) is 1.64. The number of hydrogen-bond acceptors (Lipinski definition) is 4. The molecule has 0 fully saturated rings. The molecule has 0 aliphatic heterocycles. The van der Waals surface area contributed by atoms with Crippen LogP contribution in [0.25, 0.3) is 11.3 Å². The summed E-state index contributed by atoms with van der Waals surface area (Å²) in [6.07, 6.45) is 1.73. The first kappa shape index (κ1) is 13.1. The van der Waals surface area contributed by atoms with E-state index in [1.54, 1.807) is 13.3 Å². The molecular formula is C17H14N2O2. The van der Waals surface area contributed by atoms with Crippen LogP contribution in [0.15, 0.2) is 70.2 Å². The number of rotatable bonds is 4. The van der Waals surface area contributed by atoms with E-state index in [0.29, 0.717) is 5.88 Å². The monoisotopic (exact) mass is 278 g/mol. The minimum Gasteiger partial charge on any atom is -0.497 e. The van der Waals surface area contributed by atoms with Gasteiger partial charge in [-0.1, -0.05) is 35.5 Å². The molecule has 0 aliphatic carbocycles. The maximum Gasteiger partial charge on any atom is 0.251 e. The predicted octanol–water partition coefficient (Wildman–Crippen LogP) is 4.10. The van der Waals surface area contributed by atoms with E-state index >= 15 is 0 Å². The fraction of sp³-hybridized carbons (Fsp3) is 0.0588. The second-order valence-electron chi connectivity index (χ2n) is 4.45. The minimum atomic E-state index is 0.477. The van der Waals surface area contributed by atoms with Crippen molar-refractivity contribution in [3.8, 4) is 17.0 Å². The molecule has 0 saturated carbocycles. The first-order valence-corrected chi connectivity index (χ1v) is 6.55. The molecule has 0 bridgehead atoms. The summed E-state index contributed by atoms with van der Waals surface area (Å²) in [6, 6.07) is 19.3. The van der Waals surface area contributed by atoms with Crippen LogP contribution < -0.4 is 4.74 Å². The maximum absolute atomic E-state index is 5.21. The van der Waals surface area contributed by atoms with Gasteiger partial charge in [-0.05, 0) is 29.8 Å². The first-order valence-electron chi connectivity index (χ1n) is 6.55. The van der Waals surface area contributed by atoms with E-state index in [4.69, 9.17) is 9.26 Å². The van der Waals surface area contributed by atoms with E-state index in [-0.39, 0.29) is 0 Å². The Balaban J connectivity index is 1.76. The average molecular weight is 278 g/mol. The Morgan fingerprint density at radius 1 is 1.05 bits per heavy atom. The Morgan fingerprint density at radius 2 is 1.81 bits per heavy atom. The Kier molecular flexibility index (Phi) is 3.78. The number of hydrogen-bond donors (Lipinski definition) is 0. The van der Waals surface area contributed by atoms with Gasteiger partial charge in [0.2, 0.25) is 0 Å². The highest BCUT2D eigenvalue weighted by molar-refractivity contribution is 5.81. The zero-order valence-corrected chi connectivity index (χ0v) is 11.6. The summed E-state index contributed by atoms with van der Waals surface area (Å²) in [4.78, 5) is 4.28. The molecule has 1 heterocycles. The van der Waals surface area contributed by atoms with E-state index in [1.807, 2.05) is 60.7 Å². The van der Waals surface area contributed by atoms with Crippen LogP contribution in [0.1, 0.15) is 5.56 Å². The molecule has 0 aliphatic rings. The summed E-state index contributed by atoms with van der Waals surface area (Å²) in [6.45, 7) is 0. The van der Waals surface area contributed by atoms with E-state index in [1.165, 1.54) is 0 Å². The molecule has 4 heteroatoms. The Morgan fingerprint density at radius 3 is 2.52 bits per heavy atom. The van der Waals surface area contributed by atoms with Crippen molar-refractivity contribution in [1.82, 2.24) is 5.16 Å². The van der Waals surface area contributed by atoms with Gasteiger partial charge in [-0.15, -0.1) is 0 Å². The van der Waals surface area contributed by atoms with Crippen molar-refractivity contribution in [2.45, 2.75) is 0 Å². The first-order chi connectivity index (χ1) is 10.3. The fourth-order valence-electron chi connectivity index (χ4n) is 1.90. The number of benzene rings is 2. The number of nitrogens with zero attached hydrogens (tertiary/aromatic N) is 2. The lowest BCUT2D eigenvalue weighted by atomic mass is 10.2. The van der Waals surface area contributed by atoms with E-state index < -0.39 is 0 Å². The van der Waals surface area contributed by atoms with Crippen molar-refractivity contribution < 1.29 is 9.26 Å². The summed E-state index contributed by atoms with van der Waals surface area (Å²) in [5, 5.41) is 4.02. The van der Waals surface area contributed by atoms with Gasteiger partial charge in [0.05, 0.1) is 7.11 Å². The van der Waals surface area contributed by atoms with Gasteiger partial charge in [0.15, 0.2) is 0 Å². The van der Waals surface area contributed by atoms with Gasteiger partial charge in [-0.25, -0.2) is 4.99 Å². The molecule has 104 valence electrons. The summed E-state index contributed by atoms with van der Waals surface area (Å²) in [5.41, 5.74) is 2.75. The molecule has 3 rings (SSSR count). The number of methoxy groups -OCH3 is 1. The van der Waals surface area contributed by atoms with E-state index in [0.717, 1.165) is 22.6 Å². The molecule has 4 nitrogen and oxygen atoms in total. The Bertz CT molecular complexity index is 731. The standard InChI is InChI=1S/C17H14N2O2/c1-20-15-9-7-13(8-10-15)12-18-17-11-16(19-21-17)14-5-3-2-4-6-14/h2-12H,1H3. The molecular weight excluding hydrogens is 264 g/mol. The normalized spacial score (nSPS) is 10.9. The maximum atomic E-state index is 5.21. The molecule has 0 atom stereocenters. The SMILES string of the molecule is COc1ccc(C=Nc2cc(-c3ccccc3)no2)cc1. The average Bonchev–Trinajstić information content (AvgIpc) is 3.03. The van der Waals surface area contributed by atoms with Crippen LogP contribution >= 0.6 is 0 Å². The van der Waals surface area contributed by atoms with Crippen LogP contribution in [0.2, 0.25) is 0 Å². The van der Waals surface area contributed by atoms with Gasteiger partial charge in [0.25, 0.3) is 5.88 Å². The van der Waals surface area contributed by atoms with Crippen molar-refractivity contribution in [3.63, 3.8) is 0 Å². The van der Waals surface area contributed by atoms with Crippen molar-refractivity contribution in [2.75, 3.05) is 7.11 Å². The van der Waals surface area contributed by atoms with Crippen LogP contribution in [0.3, 0.4) is 0 Å². The molecule has 2 aromatic carbocycles. The molecule has 0 radical (unpaired) electrons. The second kappa shape index (κ2) is 6.05. The molecule has 0 amide bonds. The zero-order valence-electron chi connectivity index (χ0n) is 11.6. The molecule has 3 aromatic rings. The molecule has 0 unspecified atom stereocenters. The van der Waals surface area contributed by atoms with Gasteiger partial charge in [0, 0.05) is 17.8 Å². The van der Waals surface area contributed by atoms with Crippen LogP contribution in [0, 0.1) is 0 Å². The second-order valence-corrected chi connectivity index (χ2v) is 4.45. The van der Waals surface area contributed by atoms with Gasteiger partial charge >= 0.3 is 0 Å². The summed E-state index contributed by atoms with van der Waals surface area (Å²) in [5.74, 6) is 1.29. The lowest BCUT2D eigenvalue weighted by Gasteiger charge is -1.98. The van der Waals surface area contributed by atoms with Crippen molar-refractivity contribution in [3.05, 3.63) is 66.2 Å². The van der Waals surface area contributed by atoms with Gasteiger partial charge in [0.1, 0.15) is 11.4 Å². The third-order valence-corrected chi connectivity index (χ3v) is 3.02. The lowest BCUT2D eigenvalue weighted by molar-refractivity contribution is 0.415. The fourth-order valence-corrected chi connectivity index (χ4v) is 1.90. The smallest absolute Gasteiger partial charge is 0.251 e. The summed E-state index contributed by atoms with van der Waals surface area (Å²) < 4.78 is 10.3. The molecule has 0 N–H and O–H groups in total. The van der Waals surface area contributed by atoms with Crippen LogP contribution in [0.4, 0.5) is 5.88 Å². The third kappa shape index (κ3) is 3.17. The highest BCUT2D eigenvalue weighted by atomic mass is 16.5. The minimum absolute atomic E-state index is 0.477. The molecule has 21 heavy (non-hydrogen) atoms. The number of ether oxygens (including phenoxy) is 1.